The van der Waals surface area contributed by atoms with Crippen LogP contribution >= 0.6 is 27.5 Å². The molecule has 6 nitrogen and oxygen atoms in total. The van der Waals surface area contributed by atoms with E-state index in [1.54, 1.807) is 18.2 Å². The SMILES string of the molecule is CN1CC[C@@H](c2c(O)cc(O)c3c(=O)cc(-c4ccc(Cl)cc4Br)oc23)[C@@H]1CO. The normalized spacial score (nSPS) is 19.9. The molecular formula is C21H19BrClNO5. The first-order chi connectivity index (χ1) is 13.8. The van der Waals surface area contributed by atoms with Gasteiger partial charge < -0.3 is 24.6 Å². The van der Waals surface area contributed by atoms with E-state index in [0.717, 1.165) is 6.54 Å². The molecule has 4 rings (SSSR count). The highest BCUT2D eigenvalue weighted by atomic mass is 79.9. The van der Waals surface area contributed by atoms with Gasteiger partial charge >= 0.3 is 0 Å². The zero-order valence-corrected chi connectivity index (χ0v) is 17.9. The van der Waals surface area contributed by atoms with Crippen LogP contribution in [-0.2, 0) is 0 Å². The first-order valence-corrected chi connectivity index (χ1v) is 10.3. The predicted molar refractivity (Wildman–Crippen MR) is 115 cm³/mol. The predicted octanol–water partition coefficient (Wildman–Crippen LogP) is 4.07. The first-order valence-electron chi connectivity index (χ1n) is 9.11. The topological polar surface area (TPSA) is 94.1 Å². The lowest BCUT2D eigenvalue weighted by molar-refractivity contribution is 0.172. The van der Waals surface area contributed by atoms with Crippen LogP contribution in [0.15, 0.2) is 44.0 Å². The molecule has 2 atom stereocenters. The summed E-state index contributed by atoms with van der Waals surface area (Å²) >= 11 is 9.44. The van der Waals surface area contributed by atoms with E-state index in [9.17, 15) is 20.1 Å². The van der Waals surface area contributed by atoms with Crippen LogP contribution in [-0.4, -0.2) is 46.5 Å². The highest BCUT2D eigenvalue weighted by Gasteiger charge is 2.36. The Morgan fingerprint density at radius 2 is 2.00 bits per heavy atom. The summed E-state index contributed by atoms with van der Waals surface area (Å²) in [5.74, 6) is -0.475. The lowest BCUT2D eigenvalue weighted by atomic mass is 9.89. The molecule has 0 amide bonds. The van der Waals surface area contributed by atoms with E-state index in [2.05, 4.69) is 15.9 Å². The fourth-order valence-electron chi connectivity index (χ4n) is 4.11. The molecule has 1 aliphatic heterocycles. The van der Waals surface area contributed by atoms with Gasteiger partial charge in [0, 0.05) is 44.7 Å². The number of hydrogen-bond acceptors (Lipinski definition) is 6. The number of benzene rings is 2. The molecule has 1 aromatic heterocycles. The molecule has 3 aromatic rings. The third kappa shape index (κ3) is 3.42. The number of nitrogens with zero attached hydrogens (tertiary/aromatic N) is 1. The summed E-state index contributed by atoms with van der Waals surface area (Å²) in [7, 11) is 1.90. The molecule has 0 radical (unpaired) electrons. The van der Waals surface area contributed by atoms with Crippen LogP contribution < -0.4 is 5.43 Å². The van der Waals surface area contributed by atoms with Gasteiger partial charge in [0.15, 0.2) is 5.43 Å². The molecule has 2 aromatic carbocycles. The second kappa shape index (κ2) is 7.65. The highest BCUT2D eigenvalue weighted by Crippen LogP contribution is 2.44. The Labute approximate surface area is 180 Å². The van der Waals surface area contributed by atoms with Crippen LogP contribution in [0.4, 0.5) is 0 Å². The summed E-state index contributed by atoms with van der Waals surface area (Å²) in [5.41, 5.74) is 0.744. The van der Waals surface area contributed by atoms with Crippen LogP contribution in [0.2, 0.25) is 5.02 Å². The van der Waals surface area contributed by atoms with Crippen molar-refractivity contribution < 1.29 is 19.7 Å². The minimum absolute atomic E-state index is 0.0119. The van der Waals surface area contributed by atoms with Crippen molar-refractivity contribution in [2.24, 2.45) is 0 Å². The van der Waals surface area contributed by atoms with Gasteiger partial charge in [-0.15, -0.1) is 0 Å². The van der Waals surface area contributed by atoms with E-state index in [-0.39, 0.29) is 46.8 Å². The molecular weight excluding hydrogens is 462 g/mol. The fraction of sp³-hybridized carbons (Fsp3) is 0.286. The van der Waals surface area contributed by atoms with E-state index in [4.69, 9.17) is 16.0 Å². The van der Waals surface area contributed by atoms with Gasteiger partial charge in [0.05, 0.1) is 6.61 Å². The van der Waals surface area contributed by atoms with Crippen molar-refractivity contribution in [3.63, 3.8) is 0 Å². The zero-order valence-electron chi connectivity index (χ0n) is 15.5. The number of hydrogen-bond donors (Lipinski definition) is 3. The van der Waals surface area contributed by atoms with Crippen molar-refractivity contribution in [1.82, 2.24) is 4.90 Å². The number of aromatic hydroxyl groups is 2. The van der Waals surface area contributed by atoms with Crippen molar-refractivity contribution in [2.75, 3.05) is 20.2 Å². The monoisotopic (exact) mass is 479 g/mol. The number of halogens is 2. The lowest BCUT2D eigenvalue weighted by Gasteiger charge is -2.24. The second-order valence-electron chi connectivity index (χ2n) is 7.26. The van der Waals surface area contributed by atoms with Gasteiger partial charge in [-0.25, -0.2) is 0 Å². The van der Waals surface area contributed by atoms with Gasteiger partial charge in [0.2, 0.25) is 0 Å². The van der Waals surface area contributed by atoms with Crippen LogP contribution in [0, 0.1) is 0 Å². The molecule has 0 bridgehead atoms. The number of phenolic OH excluding ortho intramolecular Hbond substituents is 2. The summed E-state index contributed by atoms with van der Waals surface area (Å²) < 4.78 is 6.74. The Balaban J connectivity index is 2.01. The van der Waals surface area contributed by atoms with Crippen LogP contribution in [0.5, 0.6) is 11.5 Å². The first kappa shape index (κ1) is 20.2. The molecule has 0 spiro atoms. The molecule has 1 saturated heterocycles. The highest BCUT2D eigenvalue weighted by molar-refractivity contribution is 9.10. The Morgan fingerprint density at radius 1 is 1.24 bits per heavy atom. The molecule has 2 heterocycles. The number of rotatable bonds is 3. The maximum atomic E-state index is 12.9. The molecule has 1 aliphatic rings. The lowest BCUT2D eigenvalue weighted by Crippen LogP contribution is -2.32. The van der Waals surface area contributed by atoms with Gasteiger partial charge in [0.25, 0.3) is 0 Å². The van der Waals surface area contributed by atoms with Crippen molar-refractivity contribution in [3.05, 3.63) is 55.6 Å². The molecule has 8 heteroatoms. The average Bonchev–Trinajstić information content (AvgIpc) is 3.01. The standard InChI is InChI=1S/C21H19BrClNO5/c1-24-5-4-12(14(24)9-25)19-15(26)7-16(27)20-17(28)8-18(29-21(19)20)11-3-2-10(23)6-13(11)22/h2-3,6-8,12,14,25-27H,4-5,9H2,1H3/t12-,14+/m1/s1. The van der Waals surface area contributed by atoms with E-state index in [1.807, 2.05) is 11.9 Å². The summed E-state index contributed by atoms with van der Waals surface area (Å²) in [6, 6.07) is 7.33. The Kier molecular flexibility index (Phi) is 5.33. The number of aliphatic hydroxyl groups excluding tert-OH is 1. The van der Waals surface area contributed by atoms with Crippen LogP contribution in [0.25, 0.3) is 22.3 Å². The number of likely N-dealkylation sites (tertiary alicyclic amines) is 1. The molecule has 1 fully saturated rings. The van der Waals surface area contributed by atoms with Crippen molar-refractivity contribution >= 4 is 38.5 Å². The van der Waals surface area contributed by atoms with Crippen LogP contribution in [0.3, 0.4) is 0 Å². The average molecular weight is 481 g/mol. The molecule has 29 heavy (non-hydrogen) atoms. The van der Waals surface area contributed by atoms with Gasteiger partial charge in [-0.1, -0.05) is 11.6 Å². The van der Waals surface area contributed by atoms with Gasteiger partial charge in [-0.05, 0) is 54.1 Å². The summed E-state index contributed by atoms with van der Waals surface area (Å²) in [6.07, 6.45) is 0.674. The van der Waals surface area contributed by atoms with Crippen molar-refractivity contribution in [2.45, 2.75) is 18.4 Å². The summed E-state index contributed by atoms with van der Waals surface area (Å²) in [5, 5.41) is 31.4. The smallest absolute Gasteiger partial charge is 0.197 e. The maximum absolute atomic E-state index is 12.9. The molecule has 0 unspecified atom stereocenters. The van der Waals surface area contributed by atoms with Crippen molar-refractivity contribution in [3.8, 4) is 22.8 Å². The number of phenols is 2. The minimum Gasteiger partial charge on any atom is -0.507 e. The minimum atomic E-state index is -0.422. The Hall–Kier alpha value is -2.06. The Bertz CT molecular complexity index is 1160. The number of fused-ring (bicyclic) bond motifs is 1. The second-order valence-corrected chi connectivity index (χ2v) is 8.55. The Morgan fingerprint density at radius 3 is 2.69 bits per heavy atom. The summed E-state index contributed by atoms with van der Waals surface area (Å²) in [6.45, 7) is 0.625. The molecule has 0 saturated carbocycles. The van der Waals surface area contributed by atoms with Gasteiger partial charge in [0.1, 0.15) is 28.2 Å². The van der Waals surface area contributed by atoms with Gasteiger partial charge in [-0.3, -0.25) is 4.79 Å². The molecule has 0 aliphatic carbocycles. The van der Waals surface area contributed by atoms with E-state index in [0.29, 0.717) is 27.0 Å². The zero-order chi connectivity index (χ0) is 20.9. The number of aliphatic hydroxyl groups is 1. The van der Waals surface area contributed by atoms with E-state index in [1.165, 1.54) is 12.1 Å². The molecule has 152 valence electrons. The van der Waals surface area contributed by atoms with Crippen LogP contribution in [0.1, 0.15) is 17.9 Å². The van der Waals surface area contributed by atoms with E-state index < -0.39 is 5.43 Å². The third-order valence-electron chi connectivity index (χ3n) is 5.58. The maximum Gasteiger partial charge on any atom is 0.197 e. The third-order valence-corrected chi connectivity index (χ3v) is 6.47. The van der Waals surface area contributed by atoms with Gasteiger partial charge in [-0.2, -0.15) is 0 Å². The van der Waals surface area contributed by atoms with E-state index >= 15 is 0 Å². The van der Waals surface area contributed by atoms with Crippen molar-refractivity contribution in [1.29, 1.82) is 0 Å². The quantitative estimate of drug-likeness (QED) is 0.523. The fourth-order valence-corrected chi connectivity index (χ4v) is 4.99. The largest absolute Gasteiger partial charge is 0.507 e. The molecule has 3 N–H and O–H groups in total. The summed E-state index contributed by atoms with van der Waals surface area (Å²) in [4.78, 5) is 14.9. The number of likely N-dealkylation sites (N-methyl/N-ethyl adjacent to an activating group) is 1.